The van der Waals surface area contributed by atoms with Crippen molar-refractivity contribution in [2.75, 3.05) is 20.3 Å². The third kappa shape index (κ3) is 8.06. The van der Waals surface area contributed by atoms with Gasteiger partial charge in [0.1, 0.15) is 11.5 Å². The maximum absolute atomic E-state index is 13.7. The Morgan fingerprint density at radius 3 is 2.14 bits per heavy atom. The molecule has 0 bridgehead atoms. The zero-order valence-corrected chi connectivity index (χ0v) is 26.3. The Morgan fingerprint density at radius 1 is 0.976 bits per heavy atom. The standard InChI is InChI=1S/C35H49NO6/c1-33(2,3)32(39)36(23-25-7-13-29(14-8-25)42-30-15-9-26(10-16-30)31(37)38)21-19-35(20-22-41-34(4,5)24-35)27-11-17-28(40-6)18-12-27/h7-8,11-14,17-18,26,30H,9-10,15-16,19-24H2,1-6H3,(H,37,38). The molecule has 2 aromatic carbocycles. The molecule has 42 heavy (non-hydrogen) atoms. The summed E-state index contributed by atoms with van der Waals surface area (Å²) in [6.07, 6.45) is 5.49. The number of hydrogen-bond donors (Lipinski definition) is 1. The number of aliphatic carboxylic acids is 1. The van der Waals surface area contributed by atoms with Gasteiger partial charge in [0.25, 0.3) is 0 Å². The van der Waals surface area contributed by atoms with E-state index in [1.807, 2.05) is 62.1 Å². The lowest BCUT2D eigenvalue weighted by Crippen LogP contribution is -2.47. The number of carbonyl (C=O) groups is 2. The summed E-state index contributed by atoms with van der Waals surface area (Å²) in [5.74, 6) is 0.797. The fourth-order valence-electron chi connectivity index (χ4n) is 6.62. The second kappa shape index (κ2) is 13.1. The van der Waals surface area contributed by atoms with Gasteiger partial charge in [-0.05, 0) is 94.2 Å². The second-order valence-electron chi connectivity index (χ2n) is 13.8. The minimum Gasteiger partial charge on any atom is -0.497 e. The van der Waals surface area contributed by atoms with Gasteiger partial charge in [0.05, 0.1) is 24.7 Å². The Balaban J connectivity index is 1.48. The van der Waals surface area contributed by atoms with Gasteiger partial charge in [-0.3, -0.25) is 9.59 Å². The molecule has 1 aliphatic heterocycles. The summed E-state index contributed by atoms with van der Waals surface area (Å²) in [5, 5.41) is 9.25. The molecular formula is C35H49NO6. The summed E-state index contributed by atoms with van der Waals surface area (Å²) in [5.41, 5.74) is 1.46. The van der Waals surface area contributed by atoms with E-state index in [9.17, 15) is 14.7 Å². The van der Waals surface area contributed by atoms with Crippen molar-refractivity contribution in [3.8, 4) is 11.5 Å². The van der Waals surface area contributed by atoms with E-state index in [1.165, 1.54) is 5.56 Å². The number of methoxy groups -OCH3 is 1. The zero-order valence-electron chi connectivity index (χ0n) is 26.3. The van der Waals surface area contributed by atoms with Gasteiger partial charge < -0.3 is 24.2 Å². The number of carboxylic acids is 1. The van der Waals surface area contributed by atoms with Gasteiger partial charge in [-0.1, -0.05) is 45.0 Å². The lowest BCUT2D eigenvalue weighted by atomic mass is 9.67. The topological polar surface area (TPSA) is 85.3 Å². The first-order valence-electron chi connectivity index (χ1n) is 15.4. The highest BCUT2D eigenvalue weighted by Gasteiger charge is 2.43. The van der Waals surface area contributed by atoms with Crippen molar-refractivity contribution in [2.45, 2.75) is 103 Å². The van der Waals surface area contributed by atoms with Crippen LogP contribution >= 0.6 is 0 Å². The van der Waals surface area contributed by atoms with Crippen LogP contribution in [0, 0.1) is 11.3 Å². The number of ether oxygens (including phenoxy) is 3. The van der Waals surface area contributed by atoms with E-state index in [-0.39, 0.29) is 28.9 Å². The van der Waals surface area contributed by atoms with Crippen molar-refractivity contribution in [3.05, 3.63) is 59.7 Å². The molecule has 0 aromatic heterocycles. The lowest BCUT2D eigenvalue weighted by Gasteiger charge is -2.46. The molecule has 1 heterocycles. The molecule has 4 rings (SSSR count). The first kappa shape index (κ1) is 31.9. The maximum atomic E-state index is 13.7. The smallest absolute Gasteiger partial charge is 0.306 e. The van der Waals surface area contributed by atoms with Gasteiger partial charge in [-0.15, -0.1) is 0 Å². The van der Waals surface area contributed by atoms with Crippen molar-refractivity contribution >= 4 is 11.9 Å². The molecule has 2 aliphatic rings. The number of hydrogen-bond acceptors (Lipinski definition) is 5. The van der Waals surface area contributed by atoms with Crippen LogP contribution in [0.15, 0.2) is 48.5 Å². The third-order valence-electron chi connectivity index (χ3n) is 8.95. The Bertz CT molecular complexity index is 1190. The molecular weight excluding hydrogens is 530 g/mol. The summed E-state index contributed by atoms with van der Waals surface area (Å²) in [4.78, 5) is 27.0. The highest BCUT2D eigenvalue weighted by molar-refractivity contribution is 5.81. The van der Waals surface area contributed by atoms with Gasteiger partial charge in [0.15, 0.2) is 0 Å². The first-order chi connectivity index (χ1) is 19.8. The predicted molar refractivity (Wildman–Crippen MR) is 164 cm³/mol. The molecule has 1 aliphatic carbocycles. The molecule has 1 saturated carbocycles. The molecule has 1 atom stereocenters. The number of carbonyl (C=O) groups excluding carboxylic acids is 1. The number of nitrogens with zero attached hydrogens (tertiary/aromatic N) is 1. The zero-order chi connectivity index (χ0) is 30.5. The normalized spacial score (nSPS) is 24.0. The minimum absolute atomic E-state index is 0.0447. The Labute approximate surface area is 251 Å². The van der Waals surface area contributed by atoms with Crippen LogP contribution < -0.4 is 9.47 Å². The molecule has 7 nitrogen and oxygen atoms in total. The van der Waals surface area contributed by atoms with Gasteiger partial charge in [-0.2, -0.15) is 0 Å². The second-order valence-corrected chi connectivity index (χ2v) is 13.8. The SMILES string of the molecule is COc1ccc(C2(CCN(Cc3ccc(OC4CCC(C(=O)O)CC4)cc3)C(=O)C(C)(C)C)CCOC(C)(C)C2)cc1. The number of amides is 1. The Hall–Kier alpha value is -3.06. The van der Waals surface area contributed by atoms with Crippen molar-refractivity contribution in [1.82, 2.24) is 4.90 Å². The van der Waals surface area contributed by atoms with Crippen LogP contribution in [0.25, 0.3) is 0 Å². The van der Waals surface area contributed by atoms with E-state index < -0.39 is 11.4 Å². The van der Waals surface area contributed by atoms with Crippen LogP contribution in [-0.4, -0.2) is 53.8 Å². The molecule has 0 spiro atoms. The lowest BCUT2D eigenvalue weighted by molar-refractivity contribution is -0.143. The fourth-order valence-corrected chi connectivity index (χ4v) is 6.62. The molecule has 2 fully saturated rings. The molecule has 7 heteroatoms. The summed E-state index contributed by atoms with van der Waals surface area (Å²) < 4.78 is 17.7. The van der Waals surface area contributed by atoms with Crippen molar-refractivity contribution < 1.29 is 28.9 Å². The van der Waals surface area contributed by atoms with Crippen LogP contribution in [0.4, 0.5) is 0 Å². The highest BCUT2D eigenvalue weighted by Crippen LogP contribution is 2.45. The quantitative estimate of drug-likeness (QED) is 0.326. The van der Waals surface area contributed by atoms with E-state index in [2.05, 4.69) is 26.0 Å². The molecule has 230 valence electrons. The summed E-state index contributed by atoms with van der Waals surface area (Å²) in [7, 11) is 1.68. The number of carboxylic acid groups (broad SMARTS) is 1. The van der Waals surface area contributed by atoms with Gasteiger partial charge >= 0.3 is 5.97 Å². The third-order valence-corrected chi connectivity index (χ3v) is 8.95. The van der Waals surface area contributed by atoms with E-state index >= 15 is 0 Å². The monoisotopic (exact) mass is 579 g/mol. The van der Waals surface area contributed by atoms with Crippen LogP contribution in [0.5, 0.6) is 11.5 Å². The maximum Gasteiger partial charge on any atom is 0.306 e. The summed E-state index contributed by atoms with van der Waals surface area (Å²) in [6.45, 7) is 12.1. The number of rotatable bonds is 10. The number of benzene rings is 2. The molecule has 1 saturated heterocycles. The minimum atomic E-state index is -0.706. The van der Waals surface area contributed by atoms with Crippen LogP contribution in [0.1, 0.15) is 90.7 Å². The fraction of sp³-hybridized carbons (Fsp3) is 0.600. The summed E-state index contributed by atoms with van der Waals surface area (Å²) in [6, 6.07) is 16.4. The largest absolute Gasteiger partial charge is 0.497 e. The van der Waals surface area contributed by atoms with Gasteiger partial charge in [0.2, 0.25) is 5.91 Å². The van der Waals surface area contributed by atoms with E-state index in [1.54, 1.807) is 7.11 Å². The van der Waals surface area contributed by atoms with Crippen molar-refractivity contribution in [3.63, 3.8) is 0 Å². The van der Waals surface area contributed by atoms with Gasteiger partial charge in [-0.25, -0.2) is 0 Å². The first-order valence-corrected chi connectivity index (χ1v) is 15.4. The highest BCUT2D eigenvalue weighted by atomic mass is 16.5. The van der Waals surface area contributed by atoms with Crippen LogP contribution in [-0.2, 0) is 26.3 Å². The molecule has 2 aromatic rings. The van der Waals surface area contributed by atoms with Crippen molar-refractivity contribution in [2.24, 2.45) is 11.3 Å². The molecule has 1 unspecified atom stereocenters. The van der Waals surface area contributed by atoms with E-state index in [4.69, 9.17) is 14.2 Å². The van der Waals surface area contributed by atoms with Gasteiger partial charge in [0, 0.05) is 30.5 Å². The Kier molecular flexibility index (Phi) is 9.92. The molecule has 0 radical (unpaired) electrons. The summed E-state index contributed by atoms with van der Waals surface area (Å²) >= 11 is 0. The Morgan fingerprint density at radius 2 is 1.60 bits per heavy atom. The van der Waals surface area contributed by atoms with Crippen LogP contribution in [0.2, 0.25) is 0 Å². The van der Waals surface area contributed by atoms with Crippen LogP contribution in [0.3, 0.4) is 0 Å². The average Bonchev–Trinajstić information content (AvgIpc) is 2.95. The van der Waals surface area contributed by atoms with Crippen molar-refractivity contribution in [1.29, 1.82) is 0 Å². The van der Waals surface area contributed by atoms with E-state index in [0.717, 1.165) is 49.2 Å². The predicted octanol–water partition coefficient (Wildman–Crippen LogP) is 7.01. The van der Waals surface area contributed by atoms with E-state index in [0.29, 0.717) is 32.5 Å². The average molecular weight is 580 g/mol. The molecule has 1 amide bonds. The molecule has 1 N–H and O–H groups in total.